The van der Waals surface area contributed by atoms with Gasteiger partial charge in [-0.3, -0.25) is 10.1 Å². The molecule has 0 aromatic carbocycles. The average Bonchev–Trinajstić information content (AvgIpc) is 2.60. The molecular formula is C9H15NO3. The smallest absolute Gasteiger partial charge is 0.323 e. The summed E-state index contributed by atoms with van der Waals surface area (Å²) in [6.45, 7) is 0. The van der Waals surface area contributed by atoms with Crippen molar-refractivity contribution < 1.29 is 14.6 Å². The number of hydrogen-bond acceptors (Lipinski definition) is 3. The van der Waals surface area contributed by atoms with E-state index in [0.29, 0.717) is 12.0 Å². The molecular weight excluding hydrogens is 170 g/mol. The molecule has 2 N–H and O–H groups in total. The predicted octanol–water partition coefficient (Wildman–Crippen LogP) is 0.226. The van der Waals surface area contributed by atoms with Crippen LogP contribution in [0.4, 0.5) is 0 Å². The van der Waals surface area contributed by atoms with Crippen molar-refractivity contribution in [3.63, 3.8) is 0 Å². The number of nitrogens with one attached hydrogen (secondary N) is 1. The Hall–Kier alpha value is -0.610. The molecule has 4 nitrogen and oxygen atoms in total. The Labute approximate surface area is 77.3 Å². The molecule has 4 heteroatoms. The highest BCUT2D eigenvalue weighted by molar-refractivity contribution is 5.75. The summed E-state index contributed by atoms with van der Waals surface area (Å²) in [5.74, 6) is -0.382. The molecule has 2 aliphatic rings. The Morgan fingerprint density at radius 2 is 2.31 bits per heavy atom. The SMILES string of the molecule is CO[C@@H]1[C@@H]2CCC[C@@H]2N[C@@H]1C(=O)O. The van der Waals surface area contributed by atoms with E-state index in [4.69, 9.17) is 9.84 Å². The number of carboxylic acids is 1. The zero-order valence-corrected chi connectivity index (χ0v) is 7.69. The predicted molar refractivity (Wildman–Crippen MR) is 46.5 cm³/mol. The zero-order chi connectivity index (χ0) is 9.42. The first kappa shape index (κ1) is 8.97. The number of carbonyl (C=O) groups is 1. The van der Waals surface area contributed by atoms with E-state index in [9.17, 15) is 4.79 Å². The maximum Gasteiger partial charge on any atom is 0.323 e. The minimum Gasteiger partial charge on any atom is -0.480 e. The van der Waals surface area contributed by atoms with E-state index in [0.717, 1.165) is 12.8 Å². The van der Waals surface area contributed by atoms with E-state index >= 15 is 0 Å². The number of methoxy groups -OCH3 is 1. The van der Waals surface area contributed by atoms with Gasteiger partial charge >= 0.3 is 5.97 Å². The Morgan fingerprint density at radius 3 is 2.92 bits per heavy atom. The second kappa shape index (κ2) is 3.27. The van der Waals surface area contributed by atoms with Gasteiger partial charge in [-0.05, 0) is 12.8 Å². The Kier molecular flexibility index (Phi) is 2.26. The number of rotatable bonds is 2. The first-order valence-corrected chi connectivity index (χ1v) is 4.75. The second-order valence-corrected chi connectivity index (χ2v) is 3.88. The van der Waals surface area contributed by atoms with Gasteiger partial charge in [0.25, 0.3) is 0 Å². The normalized spacial score (nSPS) is 43.5. The monoisotopic (exact) mass is 185 g/mol. The van der Waals surface area contributed by atoms with Gasteiger partial charge in [-0.2, -0.15) is 0 Å². The van der Waals surface area contributed by atoms with Crippen LogP contribution in [0.3, 0.4) is 0 Å². The fourth-order valence-electron chi connectivity index (χ4n) is 2.68. The summed E-state index contributed by atoms with van der Waals surface area (Å²) in [5.41, 5.74) is 0. The number of fused-ring (bicyclic) bond motifs is 1. The summed E-state index contributed by atoms with van der Waals surface area (Å²) in [5, 5.41) is 12.1. The molecule has 1 aliphatic heterocycles. The van der Waals surface area contributed by atoms with E-state index in [-0.39, 0.29) is 6.10 Å². The van der Waals surface area contributed by atoms with Crippen LogP contribution < -0.4 is 5.32 Å². The van der Waals surface area contributed by atoms with Gasteiger partial charge in [0.15, 0.2) is 0 Å². The van der Waals surface area contributed by atoms with Crippen molar-refractivity contribution >= 4 is 5.97 Å². The molecule has 13 heavy (non-hydrogen) atoms. The molecule has 2 fully saturated rings. The number of carboxylic acid groups (broad SMARTS) is 1. The van der Waals surface area contributed by atoms with Crippen LogP contribution in [0.25, 0.3) is 0 Å². The number of hydrogen-bond donors (Lipinski definition) is 2. The topological polar surface area (TPSA) is 58.6 Å². The van der Waals surface area contributed by atoms with Crippen LogP contribution in [0, 0.1) is 5.92 Å². The molecule has 0 aromatic rings. The third-order valence-corrected chi connectivity index (χ3v) is 3.25. The van der Waals surface area contributed by atoms with Gasteiger partial charge in [0.1, 0.15) is 6.04 Å². The standard InChI is InChI=1S/C9H15NO3/c1-13-8-5-3-2-4-6(5)10-7(8)9(11)12/h5-8,10H,2-4H2,1H3,(H,11,12)/t5-,6+,7+,8-/m1/s1. The van der Waals surface area contributed by atoms with Gasteiger partial charge in [0.05, 0.1) is 6.10 Å². The van der Waals surface area contributed by atoms with Crippen molar-refractivity contribution in [1.29, 1.82) is 0 Å². The van der Waals surface area contributed by atoms with Crippen molar-refractivity contribution in [3.05, 3.63) is 0 Å². The first-order chi connectivity index (χ1) is 6.24. The van der Waals surface area contributed by atoms with E-state index in [1.807, 2.05) is 0 Å². The lowest BCUT2D eigenvalue weighted by Gasteiger charge is -2.18. The van der Waals surface area contributed by atoms with E-state index < -0.39 is 12.0 Å². The molecule has 0 amide bonds. The van der Waals surface area contributed by atoms with Crippen LogP contribution in [0.15, 0.2) is 0 Å². The van der Waals surface area contributed by atoms with E-state index in [1.165, 1.54) is 6.42 Å². The summed E-state index contributed by atoms with van der Waals surface area (Å²) in [4.78, 5) is 10.9. The minimum absolute atomic E-state index is 0.134. The van der Waals surface area contributed by atoms with Crippen molar-refractivity contribution in [2.24, 2.45) is 5.92 Å². The molecule has 74 valence electrons. The molecule has 0 spiro atoms. The number of ether oxygens (including phenoxy) is 1. The summed E-state index contributed by atoms with van der Waals surface area (Å²) < 4.78 is 5.26. The second-order valence-electron chi connectivity index (χ2n) is 3.88. The molecule has 2 rings (SSSR count). The van der Waals surface area contributed by atoms with Gasteiger partial charge in [-0.25, -0.2) is 0 Å². The lowest BCUT2D eigenvalue weighted by molar-refractivity contribution is -0.142. The van der Waals surface area contributed by atoms with Gasteiger partial charge < -0.3 is 9.84 Å². The quantitative estimate of drug-likeness (QED) is 0.646. The van der Waals surface area contributed by atoms with Gasteiger partial charge in [-0.15, -0.1) is 0 Å². The van der Waals surface area contributed by atoms with Crippen LogP contribution in [0.5, 0.6) is 0 Å². The molecule has 1 saturated carbocycles. The van der Waals surface area contributed by atoms with Crippen molar-refractivity contribution in [2.75, 3.05) is 7.11 Å². The summed E-state index contributed by atoms with van der Waals surface area (Å²) >= 11 is 0. The van der Waals surface area contributed by atoms with Crippen LogP contribution >= 0.6 is 0 Å². The maximum atomic E-state index is 10.9. The summed E-state index contributed by atoms with van der Waals surface area (Å²) in [7, 11) is 1.60. The summed E-state index contributed by atoms with van der Waals surface area (Å²) in [6.07, 6.45) is 3.24. The van der Waals surface area contributed by atoms with Gasteiger partial charge in [0, 0.05) is 19.1 Å². The highest BCUT2D eigenvalue weighted by Crippen LogP contribution is 2.36. The average molecular weight is 185 g/mol. The first-order valence-electron chi connectivity index (χ1n) is 4.75. The number of aliphatic carboxylic acids is 1. The van der Waals surface area contributed by atoms with Crippen LogP contribution in [0.2, 0.25) is 0 Å². The summed E-state index contributed by atoms with van der Waals surface area (Å²) in [6, 6.07) is -0.133. The van der Waals surface area contributed by atoms with Gasteiger partial charge in [0.2, 0.25) is 0 Å². The van der Waals surface area contributed by atoms with E-state index in [1.54, 1.807) is 7.11 Å². The molecule has 1 aliphatic carbocycles. The highest BCUT2D eigenvalue weighted by Gasteiger charge is 2.48. The van der Waals surface area contributed by atoms with Crippen LogP contribution in [0.1, 0.15) is 19.3 Å². The Bertz CT molecular complexity index is 219. The fraction of sp³-hybridized carbons (Fsp3) is 0.889. The lowest BCUT2D eigenvalue weighted by Crippen LogP contribution is -2.41. The molecule has 0 aromatic heterocycles. The largest absolute Gasteiger partial charge is 0.480 e. The molecule has 4 atom stereocenters. The minimum atomic E-state index is -0.791. The molecule has 0 unspecified atom stereocenters. The Balaban J connectivity index is 2.12. The van der Waals surface area contributed by atoms with Gasteiger partial charge in [-0.1, -0.05) is 6.42 Å². The van der Waals surface area contributed by atoms with E-state index in [2.05, 4.69) is 5.32 Å². The molecule has 1 saturated heterocycles. The fourth-order valence-corrected chi connectivity index (χ4v) is 2.68. The molecule has 1 heterocycles. The maximum absolute atomic E-state index is 10.9. The highest BCUT2D eigenvalue weighted by atomic mass is 16.5. The third-order valence-electron chi connectivity index (χ3n) is 3.25. The lowest BCUT2D eigenvalue weighted by atomic mass is 9.98. The van der Waals surface area contributed by atoms with Crippen molar-refractivity contribution in [3.8, 4) is 0 Å². The van der Waals surface area contributed by atoms with Crippen LogP contribution in [-0.2, 0) is 9.53 Å². The van der Waals surface area contributed by atoms with Crippen molar-refractivity contribution in [2.45, 2.75) is 37.5 Å². The molecule has 0 bridgehead atoms. The Morgan fingerprint density at radius 1 is 1.54 bits per heavy atom. The van der Waals surface area contributed by atoms with Crippen molar-refractivity contribution in [1.82, 2.24) is 5.32 Å². The third kappa shape index (κ3) is 1.34. The zero-order valence-electron chi connectivity index (χ0n) is 7.69. The molecule has 0 radical (unpaired) electrons. The van der Waals surface area contributed by atoms with Crippen LogP contribution in [-0.4, -0.2) is 36.4 Å².